The van der Waals surface area contributed by atoms with Crippen molar-refractivity contribution in [3.05, 3.63) is 24.2 Å². The normalized spacial score (nSPS) is 15.1. The van der Waals surface area contributed by atoms with Gasteiger partial charge in [0.15, 0.2) is 0 Å². The third kappa shape index (κ3) is 2.66. The standard InChI is InChI=1S/C7H8N2O2/c10-7(11)3-6-4-8-1-2-9-5-6/h1-2,4-5,8H,3H2,(H,10,11)/p-1. The van der Waals surface area contributed by atoms with E-state index in [2.05, 4.69) is 10.3 Å². The van der Waals surface area contributed by atoms with Gasteiger partial charge in [-0.15, -0.1) is 0 Å². The van der Waals surface area contributed by atoms with Gasteiger partial charge in [0.25, 0.3) is 0 Å². The predicted octanol–water partition coefficient (Wildman–Crippen LogP) is -0.845. The Morgan fingerprint density at radius 3 is 3.27 bits per heavy atom. The molecule has 0 fully saturated rings. The fourth-order valence-corrected chi connectivity index (χ4v) is 0.681. The summed E-state index contributed by atoms with van der Waals surface area (Å²) in [5.74, 6) is -1.11. The molecule has 0 aromatic rings. The molecule has 0 aromatic carbocycles. The van der Waals surface area contributed by atoms with E-state index in [1.165, 1.54) is 6.21 Å². The molecule has 0 saturated carbocycles. The number of rotatable bonds is 2. The second-order valence-corrected chi connectivity index (χ2v) is 2.03. The number of nitrogens with one attached hydrogen (secondary N) is 1. The van der Waals surface area contributed by atoms with Crippen LogP contribution in [0.1, 0.15) is 6.42 Å². The minimum Gasteiger partial charge on any atom is -0.550 e. The highest BCUT2D eigenvalue weighted by Crippen LogP contribution is 1.97. The molecule has 58 valence electrons. The maximum atomic E-state index is 10.1. The van der Waals surface area contributed by atoms with Gasteiger partial charge >= 0.3 is 0 Å². The van der Waals surface area contributed by atoms with Crippen molar-refractivity contribution in [2.24, 2.45) is 4.99 Å². The zero-order valence-electron chi connectivity index (χ0n) is 5.78. The summed E-state index contributed by atoms with van der Waals surface area (Å²) in [4.78, 5) is 13.9. The third-order valence-electron chi connectivity index (χ3n) is 1.11. The van der Waals surface area contributed by atoms with Crippen LogP contribution in [0.15, 0.2) is 29.2 Å². The first-order valence-electron chi connectivity index (χ1n) is 3.12. The molecule has 0 saturated heterocycles. The first kappa shape index (κ1) is 7.53. The monoisotopic (exact) mass is 151 g/mol. The van der Waals surface area contributed by atoms with Crippen LogP contribution >= 0.6 is 0 Å². The molecule has 0 radical (unpaired) electrons. The largest absolute Gasteiger partial charge is 0.550 e. The summed E-state index contributed by atoms with van der Waals surface area (Å²) in [6, 6.07) is 0. The molecule has 0 amide bonds. The van der Waals surface area contributed by atoms with Gasteiger partial charge in [0.2, 0.25) is 0 Å². The SMILES string of the molecule is O=C([O-])CC1=CNC=CN=C1. The molecule has 0 bridgehead atoms. The highest BCUT2D eigenvalue weighted by molar-refractivity contribution is 5.86. The lowest BCUT2D eigenvalue weighted by molar-refractivity contribution is -0.304. The minimum absolute atomic E-state index is 0.113. The molecule has 0 spiro atoms. The lowest BCUT2D eigenvalue weighted by Crippen LogP contribution is -2.22. The molecule has 4 nitrogen and oxygen atoms in total. The lowest BCUT2D eigenvalue weighted by Gasteiger charge is -2.00. The molecule has 1 aliphatic heterocycles. The summed E-state index contributed by atoms with van der Waals surface area (Å²) in [5, 5.41) is 12.9. The Kier molecular flexibility index (Phi) is 2.43. The average molecular weight is 151 g/mol. The summed E-state index contributed by atoms with van der Waals surface area (Å²) in [5.41, 5.74) is 0.593. The van der Waals surface area contributed by atoms with E-state index in [1.807, 2.05) is 0 Å². The van der Waals surface area contributed by atoms with E-state index in [0.717, 1.165) is 0 Å². The third-order valence-corrected chi connectivity index (χ3v) is 1.11. The van der Waals surface area contributed by atoms with Gasteiger partial charge in [-0.2, -0.15) is 0 Å². The van der Waals surface area contributed by atoms with Gasteiger partial charge in [-0.3, -0.25) is 4.99 Å². The van der Waals surface area contributed by atoms with E-state index in [-0.39, 0.29) is 6.42 Å². The Balaban J connectivity index is 2.58. The van der Waals surface area contributed by atoms with Crippen LogP contribution in [0, 0.1) is 0 Å². The molecule has 0 aromatic heterocycles. The van der Waals surface area contributed by atoms with E-state index in [1.54, 1.807) is 18.6 Å². The fraction of sp³-hybridized carbons (Fsp3) is 0.143. The Labute approximate surface area is 63.9 Å². The summed E-state index contributed by atoms with van der Waals surface area (Å²) in [7, 11) is 0. The van der Waals surface area contributed by atoms with Gasteiger partial charge in [-0.25, -0.2) is 0 Å². The van der Waals surface area contributed by atoms with Crippen molar-refractivity contribution >= 4 is 12.2 Å². The van der Waals surface area contributed by atoms with Crippen LogP contribution < -0.4 is 10.4 Å². The molecular weight excluding hydrogens is 144 g/mol. The van der Waals surface area contributed by atoms with Crippen molar-refractivity contribution < 1.29 is 9.90 Å². The summed E-state index contributed by atoms with van der Waals surface area (Å²) in [6.45, 7) is 0. The van der Waals surface area contributed by atoms with Gasteiger partial charge < -0.3 is 15.2 Å². The second-order valence-electron chi connectivity index (χ2n) is 2.03. The summed E-state index contributed by atoms with van der Waals surface area (Å²) < 4.78 is 0. The number of carboxylic acid groups (broad SMARTS) is 1. The van der Waals surface area contributed by atoms with E-state index >= 15 is 0 Å². The first-order chi connectivity index (χ1) is 5.29. The van der Waals surface area contributed by atoms with Crippen LogP contribution in [0.4, 0.5) is 0 Å². The number of hydrogen-bond acceptors (Lipinski definition) is 4. The quantitative estimate of drug-likeness (QED) is 0.559. The van der Waals surface area contributed by atoms with Crippen LogP contribution in [-0.4, -0.2) is 12.2 Å². The van der Waals surface area contributed by atoms with Crippen LogP contribution in [0.2, 0.25) is 0 Å². The minimum atomic E-state index is -1.11. The van der Waals surface area contributed by atoms with Crippen molar-refractivity contribution in [1.29, 1.82) is 0 Å². The number of aliphatic imine (C=N–C) groups is 1. The maximum Gasteiger partial charge on any atom is 0.0459 e. The Morgan fingerprint density at radius 1 is 1.73 bits per heavy atom. The van der Waals surface area contributed by atoms with Gasteiger partial charge in [-0.1, -0.05) is 0 Å². The van der Waals surface area contributed by atoms with Gasteiger partial charge in [0.1, 0.15) is 0 Å². The molecule has 1 N–H and O–H groups in total. The number of nitrogens with zero attached hydrogens (tertiary/aromatic N) is 1. The second kappa shape index (κ2) is 3.55. The highest BCUT2D eigenvalue weighted by atomic mass is 16.4. The first-order valence-corrected chi connectivity index (χ1v) is 3.12. The van der Waals surface area contributed by atoms with Gasteiger partial charge in [0.05, 0.1) is 0 Å². The smallest absolute Gasteiger partial charge is 0.0459 e. The van der Waals surface area contributed by atoms with Gasteiger partial charge in [-0.05, 0) is 5.57 Å². The van der Waals surface area contributed by atoms with Crippen LogP contribution in [0.3, 0.4) is 0 Å². The number of aliphatic carboxylic acids is 1. The Bertz CT molecular complexity index is 241. The average Bonchev–Trinajstić information content (AvgIpc) is 2.14. The molecule has 4 heteroatoms. The number of carbonyl (C=O) groups is 1. The molecule has 1 heterocycles. The Hall–Kier alpha value is -1.58. The molecule has 0 atom stereocenters. The molecular formula is C7H7N2O2-. The van der Waals surface area contributed by atoms with E-state index in [9.17, 15) is 9.90 Å². The number of hydrogen-bond donors (Lipinski definition) is 1. The lowest BCUT2D eigenvalue weighted by atomic mass is 10.2. The maximum absolute atomic E-state index is 10.1. The van der Waals surface area contributed by atoms with Crippen LogP contribution in [0.5, 0.6) is 0 Å². The number of carboxylic acids is 1. The zero-order valence-corrected chi connectivity index (χ0v) is 5.78. The van der Waals surface area contributed by atoms with Gasteiger partial charge in [0, 0.05) is 37.2 Å². The van der Waals surface area contributed by atoms with Crippen LogP contribution in [0.25, 0.3) is 0 Å². The zero-order chi connectivity index (χ0) is 8.10. The molecule has 0 unspecified atom stereocenters. The Morgan fingerprint density at radius 2 is 2.55 bits per heavy atom. The van der Waals surface area contributed by atoms with E-state index in [0.29, 0.717) is 5.57 Å². The van der Waals surface area contributed by atoms with Crippen molar-refractivity contribution in [1.82, 2.24) is 5.32 Å². The number of carbonyl (C=O) groups excluding carboxylic acids is 1. The van der Waals surface area contributed by atoms with Crippen LogP contribution in [-0.2, 0) is 4.79 Å². The highest BCUT2D eigenvalue weighted by Gasteiger charge is 1.94. The summed E-state index contributed by atoms with van der Waals surface area (Å²) >= 11 is 0. The van der Waals surface area contributed by atoms with Crippen molar-refractivity contribution in [3.8, 4) is 0 Å². The van der Waals surface area contributed by atoms with E-state index in [4.69, 9.17) is 0 Å². The fourth-order valence-electron chi connectivity index (χ4n) is 0.681. The predicted molar refractivity (Wildman–Crippen MR) is 38.5 cm³/mol. The molecule has 11 heavy (non-hydrogen) atoms. The molecule has 1 rings (SSSR count). The van der Waals surface area contributed by atoms with Crippen molar-refractivity contribution in [2.45, 2.75) is 6.42 Å². The topological polar surface area (TPSA) is 64.5 Å². The molecule has 1 aliphatic rings. The van der Waals surface area contributed by atoms with Crippen molar-refractivity contribution in [2.75, 3.05) is 0 Å². The van der Waals surface area contributed by atoms with E-state index < -0.39 is 5.97 Å². The summed E-state index contributed by atoms with van der Waals surface area (Å²) in [6.07, 6.45) is 6.09. The van der Waals surface area contributed by atoms with Crippen molar-refractivity contribution in [3.63, 3.8) is 0 Å². The molecule has 0 aliphatic carbocycles.